The number of aryl methyl sites for hydroxylation is 1. The molecule has 23 heavy (non-hydrogen) atoms. The molecule has 3 nitrogen and oxygen atoms in total. The van der Waals surface area contributed by atoms with Crippen molar-refractivity contribution in [2.75, 3.05) is 0 Å². The van der Waals surface area contributed by atoms with E-state index in [-0.39, 0.29) is 30.4 Å². The summed E-state index contributed by atoms with van der Waals surface area (Å²) in [4.78, 5) is 11.8. The summed E-state index contributed by atoms with van der Waals surface area (Å²) in [6.07, 6.45) is 0.695. The van der Waals surface area contributed by atoms with Crippen molar-refractivity contribution in [2.45, 2.75) is 26.0 Å². The second-order valence-corrected chi connectivity index (χ2v) is 4.93. The lowest BCUT2D eigenvalue weighted by molar-refractivity contribution is -0.121. The number of ether oxygens (including phenoxy) is 1. The fourth-order valence-corrected chi connectivity index (χ4v) is 2.03. The van der Waals surface area contributed by atoms with Gasteiger partial charge in [0.25, 0.3) is 0 Å². The highest BCUT2D eigenvalue weighted by molar-refractivity contribution is 5.76. The molecule has 0 radical (unpaired) electrons. The quantitative estimate of drug-likeness (QED) is 0.844. The van der Waals surface area contributed by atoms with E-state index >= 15 is 0 Å². The molecule has 0 bridgehead atoms. The van der Waals surface area contributed by atoms with E-state index in [0.29, 0.717) is 6.42 Å². The fraction of sp³-hybridized carbons (Fsp3) is 0.235. The summed E-state index contributed by atoms with van der Waals surface area (Å²) in [5, 5.41) is 2.72. The van der Waals surface area contributed by atoms with Gasteiger partial charge in [0, 0.05) is 13.0 Å². The molecule has 6 heteroatoms. The standard InChI is InChI=1S/C17H16F3NO2/c18-14-3-1-2-12(10-14)6-9-16(22)21-11-13-4-7-15(8-5-13)23-17(19)20/h1-5,7-8,10,17H,6,9,11H2,(H,21,22). The van der Waals surface area contributed by atoms with E-state index in [1.807, 2.05) is 0 Å². The number of nitrogens with one attached hydrogen (secondary N) is 1. The average molecular weight is 323 g/mol. The first-order valence-electron chi connectivity index (χ1n) is 7.08. The van der Waals surface area contributed by atoms with E-state index in [0.717, 1.165) is 11.1 Å². The largest absolute Gasteiger partial charge is 0.435 e. The van der Waals surface area contributed by atoms with Crippen molar-refractivity contribution in [2.24, 2.45) is 0 Å². The molecule has 0 heterocycles. The van der Waals surface area contributed by atoms with Gasteiger partial charge in [-0.1, -0.05) is 24.3 Å². The van der Waals surface area contributed by atoms with Crippen LogP contribution in [-0.2, 0) is 17.8 Å². The summed E-state index contributed by atoms with van der Waals surface area (Å²) in [6, 6.07) is 12.2. The molecule has 2 aromatic carbocycles. The Morgan fingerprint density at radius 2 is 1.83 bits per heavy atom. The topological polar surface area (TPSA) is 38.3 Å². The first-order valence-corrected chi connectivity index (χ1v) is 7.08. The van der Waals surface area contributed by atoms with Crippen LogP contribution in [0.4, 0.5) is 13.2 Å². The average Bonchev–Trinajstić information content (AvgIpc) is 2.52. The predicted octanol–water partition coefficient (Wildman–Crippen LogP) is 3.68. The van der Waals surface area contributed by atoms with Crippen LogP contribution in [0, 0.1) is 5.82 Å². The third-order valence-electron chi connectivity index (χ3n) is 3.17. The summed E-state index contributed by atoms with van der Waals surface area (Å²) in [7, 11) is 0. The van der Waals surface area contributed by atoms with E-state index in [1.54, 1.807) is 24.3 Å². The van der Waals surface area contributed by atoms with Crippen LogP contribution in [0.15, 0.2) is 48.5 Å². The molecule has 0 aromatic heterocycles. The smallest absolute Gasteiger partial charge is 0.387 e. The van der Waals surface area contributed by atoms with Gasteiger partial charge in [0.2, 0.25) is 5.91 Å². The van der Waals surface area contributed by atoms with Crippen LogP contribution in [0.2, 0.25) is 0 Å². The minimum atomic E-state index is -2.86. The number of rotatable bonds is 7. The predicted molar refractivity (Wildman–Crippen MR) is 79.6 cm³/mol. The molecule has 0 aliphatic carbocycles. The third kappa shape index (κ3) is 6.02. The van der Waals surface area contributed by atoms with Gasteiger partial charge in [0.1, 0.15) is 11.6 Å². The van der Waals surface area contributed by atoms with E-state index in [4.69, 9.17) is 0 Å². The normalized spacial score (nSPS) is 10.6. The van der Waals surface area contributed by atoms with Crippen molar-refractivity contribution in [3.63, 3.8) is 0 Å². The molecule has 0 atom stereocenters. The highest BCUT2D eigenvalue weighted by Crippen LogP contribution is 2.14. The van der Waals surface area contributed by atoms with Crippen LogP contribution in [0.5, 0.6) is 5.75 Å². The maximum absolute atomic E-state index is 13.0. The minimum Gasteiger partial charge on any atom is -0.435 e. The Kier molecular flexibility index (Phi) is 6.02. The zero-order chi connectivity index (χ0) is 16.7. The molecule has 1 N–H and O–H groups in total. The molecule has 0 aliphatic heterocycles. The summed E-state index contributed by atoms with van der Waals surface area (Å²) in [5.41, 5.74) is 1.53. The highest BCUT2D eigenvalue weighted by atomic mass is 19.3. The molecule has 0 saturated carbocycles. The van der Waals surface area contributed by atoms with Gasteiger partial charge in [-0.25, -0.2) is 4.39 Å². The van der Waals surface area contributed by atoms with Gasteiger partial charge in [-0.2, -0.15) is 8.78 Å². The van der Waals surface area contributed by atoms with Gasteiger partial charge in [0.15, 0.2) is 0 Å². The lowest BCUT2D eigenvalue weighted by Gasteiger charge is -2.07. The van der Waals surface area contributed by atoms with E-state index in [9.17, 15) is 18.0 Å². The number of amides is 1. The number of hydrogen-bond acceptors (Lipinski definition) is 2. The Morgan fingerprint density at radius 1 is 1.09 bits per heavy atom. The first kappa shape index (κ1) is 16.9. The summed E-state index contributed by atoms with van der Waals surface area (Å²) in [5.74, 6) is -0.419. The lowest BCUT2D eigenvalue weighted by Crippen LogP contribution is -2.23. The van der Waals surface area contributed by atoms with Gasteiger partial charge >= 0.3 is 6.61 Å². The van der Waals surface area contributed by atoms with Crippen molar-refractivity contribution in [1.29, 1.82) is 0 Å². The number of alkyl halides is 2. The van der Waals surface area contributed by atoms with Crippen LogP contribution in [-0.4, -0.2) is 12.5 Å². The Bertz CT molecular complexity index is 645. The number of halogens is 3. The fourth-order valence-electron chi connectivity index (χ4n) is 2.03. The number of carbonyl (C=O) groups excluding carboxylic acids is 1. The summed E-state index contributed by atoms with van der Waals surface area (Å²) < 4.78 is 41.3. The van der Waals surface area contributed by atoms with Gasteiger partial charge < -0.3 is 10.1 Å². The van der Waals surface area contributed by atoms with E-state index in [1.165, 1.54) is 24.3 Å². The van der Waals surface area contributed by atoms with Crippen molar-refractivity contribution in [1.82, 2.24) is 5.32 Å². The molecule has 2 aromatic rings. The SMILES string of the molecule is O=C(CCc1cccc(F)c1)NCc1ccc(OC(F)F)cc1. The van der Waals surface area contributed by atoms with Crippen LogP contribution in [0.25, 0.3) is 0 Å². The molecular formula is C17H16F3NO2. The molecule has 1 amide bonds. The van der Waals surface area contributed by atoms with E-state index < -0.39 is 6.61 Å². The van der Waals surface area contributed by atoms with Gasteiger partial charge in [-0.05, 0) is 41.8 Å². The molecule has 0 fully saturated rings. The highest BCUT2D eigenvalue weighted by Gasteiger charge is 2.05. The Labute approximate surface area is 132 Å². The van der Waals surface area contributed by atoms with Crippen LogP contribution < -0.4 is 10.1 Å². The van der Waals surface area contributed by atoms with Crippen molar-refractivity contribution < 1.29 is 22.7 Å². The van der Waals surface area contributed by atoms with Crippen molar-refractivity contribution in [3.8, 4) is 5.75 Å². The van der Waals surface area contributed by atoms with Crippen molar-refractivity contribution in [3.05, 3.63) is 65.5 Å². The molecule has 2 rings (SSSR count). The van der Waals surface area contributed by atoms with Crippen LogP contribution >= 0.6 is 0 Å². The number of hydrogen-bond donors (Lipinski definition) is 1. The van der Waals surface area contributed by atoms with Crippen LogP contribution in [0.3, 0.4) is 0 Å². The summed E-state index contributed by atoms with van der Waals surface area (Å²) >= 11 is 0. The monoisotopic (exact) mass is 323 g/mol. The second-order valence-electron chi connectivity index (χ2n) is 4.93. The van der Waals surface area contributed by atoms with E-state index in [2.05, 4.69) is 10.1 Å². The zero-order valence-corrected chi connectivity index (χ0v) is 12.3. The molecule has 0 aliphatic rings. The minimum absolute atomic E-state index is 0.0705. The Morgan fingerprint density at radius 3 is 2.48 bits per heavy atom. The van der Waals surface area contributed by atoms with Gasteiger partial charge in [-0.3, -0.25) is 4.79 Å². The van der Waals surface area contributed by atoms with Gasteiger partial charge in [0.05, 0.1) is 0 Å². The maximum atomic E-state index is 13.0. The second kappa shape index (κ2) is 8.22. The number of carbonyl (C=O) groups is 1. The Balaban J connectivity index is 1.75. The molecule has 0 unspecified atom stereocenters. The Hall–Kier alpha value is -2.50. The van der Waals surface area contributed by atoms with Crippen molar-refractivity contribution >= 4 is 5.91 Å². The number of benzene rings is 2. The molecule has 0 saturated heterocycles. The third-order valence-corrected chi connectivity index (χ3v) is 3.17. The molecule has 0 spiro atoms. The lowest BCUT2D eigenvalue weighted by atomic mass is 10.1. The zero-order valence-electron chi connectivity index (χ0n) is 12.3. The van der Waals surface area contributed by atoms with Crippen LogP contribution in [0.1, 0.15) is 17.5 Å². The maximum Gasteiger partial charge on any atom is 0.387 e. The summed E-state index contributed by atoms with van der Waals surface area (Å²) in [6.45, 7) is -2.57. The van der Waals surface area contributed by atoms with Gasteiger partial charge in [-0.15, -0.1) is 0 Å². The molecular weight excluding hydrogens is 307 g/mol. The first-order chi connectivity index (χ1) is 11.0. The molecule has 122 valence electrons.